The Morgan fingerprint density at radius 3 is 2.83 bits per heavy atom. The number of rotatable bonds is 7. The molecule has 0 radical (unpaired) electrons. The average molecular weight is 318 g/mol. The van der Waals surface area contributed by atoms with Crippen molar-refractivity contribution in [3.05, 3.63) is 26.9 Å². The summed E-state index contributed by atoms with van der Waals surface area (Å²) in [6, 6.07) is 1.39. The summed E-state index contributed by atoms with van der Waals surface area (Å²) < 4.78 is 5.91. The van der Waals surface area contributed by atoms with Crippen LogP contribution in [0.2, 0.25) is 0 Å². The summed E-state index contributed by atoms with van der Waals surface area (Å²) in [5, 5.41) is 10.8. The summed E-state index contributed by atoms with van der Waals surface area (Å²) in [7, 11) is 4.00. The monoisotopic (exact) mass is 317 g/mol. The minimum absolute atomic E-state index is 0.0769. The van der Waals surface area contributed by atoms with Crippen LogP contribution in [0, 0.1) is 10.1 Å². The Morgan fingerprint density at radius 2 is 2.22 bits per heavy atom. The van der Waals surface area contributed by atoms with Crippen molar-refractivity contribution < 1.29 is 9.66 Å². The maximum atomic E-state index is 10.8. The number of halogens is 1. The predicted molar refractivity (Wildman–Crippen MR) is 71.9 cm³/mol. The van der Waals surface area contributed by atoms with Crippen LogP contribution in [0.4, 0.5) is 5.69 Å². The van der Waals surface area contributed by atoms with Crippen molar-refractivity contribution in [1.29, 1.82) is 0 Å². The summed E-state index contributed by atoms with van der Waals surface area (Å²) in [5.74, 6) is 0.0769. The van der Waals surface area contributed by atoms with Crippen molar-refractivity contribution in [2.24, 2.45) is 0 Å². The zero-order chi connectivity index (χ0) is 13.5. The molecule has 100 valence electrons. The van der Waals surface area contributed by atoms with E-state index in [1.165, 1.54) is 12.3 Å². The van der Waals surface area contributed by atoms with Gasteiger partial charge in [-0.05, 0) is 49.4 Å². The van der Waals surface area contributed by atoms with Gasteiger partial charge in [-0.2, -0.15) is 0 Å². The first-order valence-corrected chi connectivity index (χ1v) is 6.37. The number of nitro groups is 1. The van der Waals surface area contributed by atoms with Crippen LogP contribution >= 0.6 is 15.9 Å². The molecule has 1 heterocycles. The Hall–Kier alpha value is -1.21. The molecule has 1 aromatic heterocycles. The van der Waals surface area contributed by atoms with E-state index in [0.717, 1.165) is 19.4 Å². The second-order valence-electron chi connectivity index (χ2n) is 4.09. The van der Waals surface area contributed by atoms with Gasteiger partial charge >= 0.3 is 5.69 Å². The Bertz CT molecular complexity index is 413. The Kier molecular flexibility index (Phi) is 6.00. The van der Waals surface area contributed by atoms with Crippen molar-refractivity contribution in [3.63, 3.8) is 0 Å². The third kappa shape index (κ3) is 4.97. The average Bonchev–Trinajstić information content (AvgIpc) is 2.29. The highest BCUT2D eigenvalue weighted by Crippen LogP contribution is 2.27. The number of hydrogen-bond acceptors (Lipinski definition) is 5. The molecule has 6 nitrogen and oxygen atoms in total. The summed E-state index contributed by atoms with van der Waals surface area (Å²) in [4.78, 5) is 16.3. The first-order valence-electron chi connectivity index (χ1n) is 5.58. The summed E-state index contributed by atoms with van der Waals surface area (Å²) in [6.07, 6.45) is 3.31. The van der Waals surface area contributed by atoms with E-state index >= 15 is 0 Å². The summed E-state index contributed by atoms with van der Waals surface area (Å²) in [5.41, 5.74) is -0.114. The number of aromatic nitrogens is 1. The van der Waals surface area contributed by atoms with Gasteiger partial charge in [-0.3, -0.25) is 10.1 Å². The molecule has 0 aliphatic heterocycles. The van der Waals surface area contributed by atoms with Crippen molar-refractivity contribution in [2.75, 3.05) is 27.2 Å². The zero-order valence-corrected chi connectivity index (χ0v) is 12.0. The second kappa shape index (κ2) is 7.27. The first-order chi connectivity index (χ1) is 8.50. The predicted octanol–water partition coefficient (Wildman–Crippen LogP) is 2.47. The molecule has 0 aromatic carbocycles. The molecule has 0 aliphatic carbocycles. The normalized spacial score (nSPS) is 10.7. The van der Waals surface area contributed by atoms with Gasteiger partial charge in [-0.25, -0.2) is 4.98 Å². The molecule has 0 amide bonds. The van der Waals surface area contributed by atoms with Crippen LogP contribution in [0.15, 0.2) is 16.7 Å². The summed E-state index contributed by atoms with van der Waals surface area (Å²) in [6.45, 7) is 1.41. The lowest BCUT2D eigenvalue weighted by atomic mass is 10.3. The molecular formula is C11H16BrN3O3. The summed E-state index contributed by atoms with van der Waals surface area (Å²) >= 11 is 3.15. The number of nitrogens with zero attached hydrogens (tertiary/aromatic N) is 3. The molecule has 0 aliphatic rings. The SMILES string of the molecule is CN(C)CCCCOc1ncc(Br)cc1[N+](=O)[O-]. The van der Waals surface area contributed by atoms with E-state index < -0.39 is 4.92 Å². The fourth-order valence-corrected chi connectivity index (χ4v) is 1.68. The Labute approximate surface area is 114 Å². The van der Waals surface area contributed by atoms with Crippen LogP contribution in [-0.2, 0) is 0 Å². The van der Waals surface area contributed by atoms with Gasteiger partial charge in [0.2, 0.25) is 0 Å². The molecule has 0 spiro atoms. The third-order valence-electron chi connectivity index (χ3n) is 2.23. The van der Waals surface area contributed by atoms with E-state index in [4.69, 9.17) is 4.74 Å². The topological polar surface area (TPSA) is 68.5 Å². The number of ether oxygens (including phenoxy) is 1. The standard InChI is InChI=1S/C11H16BrN3O3/c1-14(2)5-3-4-6-18-11-10(15(16)17)7-9(12)8-13-11/h7-8H,3-6H2,1-2H3. The lowest BCUT2D eigenvalue weighted by Gasteiger charge is -2.09. The molecule has 1 rings (SSSR count). The maximum absolute atomic E-state index is 10.8. The highest BCUT2D eigenvalue weighted by atomic mass is 79.9. The fraction of sp³-hybridized carbons (Fsp3) is 0.545. The first kappa shape index (κ1) is 14.8. The molecule has 0 saturated carbocycles. The quantitative estimate of drug-likeness (QED) is 0.439. The van der Waals surface area contributed by atoms with Crippen LogP contribution < -0.4 is 4.74 Å². The molecule has 0 fully saturated rings. The van der Waals surface area contributed by atoms with Crippen LogP contribution in [0.25, 0.3) is 0 Å². The number of hydrogen-bond donors (Lipinski definition) is 0. The highest BCUT2D eigenvalue weighted by Gasteiger charge is 2.17. The van der Waals surface area contributed by atoms with Crippen molar-refractivity contribution in [1.82, 2.24) is 9.88 Å². The van der Waals surface area contributed by atoms with Gasteiger partial charge in [0.15, 0.2) is 0 Å². The number of unbranched alkanes of at least 4 members (excludes halogenated alkanes) is 1. The fourth-order valence-electron chi connectivity index (χ4n) is 1.36. The number of pyridine rings is 1. The highest BCUT2D eigenvalue weighted by molar-refractivity contribution is 9.10. The lowest BCUT2D eigenvalue weighted by molar-refractivity contribution is -0.386. The van der Waals surface area contributed by atoms with E-state index in [0.29, 0.717) is 11.1 Å². The van der Waals surface area contributed by atoms with Gasteiger partial charge in [0.05, 0.1) is 11.5 Å². The maximum Gasteiger partial charge on any atom is 0.332 e. The largest absolute Gasteiger partial charge is 0.473 e. The molecule has 0 bridgehead atoms. The van der Waals surface area contributed by atoms with Gasteiger partial charge in [0.1, 0.15) is 0 Å². The molecule has 0 unspecified atom stereocenters. The Morgan fingerprint density at radius 1 is 1.50 bits per heavy atom. The van der Waals surface area contributed by atoms with Crippen molar-refractivity contribution in [2.45, 2.75) is 12.8 Å². The van der Waals surface area contributed by atoms with Gasteiger partial charge < -0.3 is 9.64 Å². The minimum atomic E-state index is -0.493. The van der Waals surface area contributed by atoms with Gasteiger partial charge in [-0.1, -0.05) is 0 Å². The van der Waals surface area contributed by atoms with Crippen LogP contribution in [0.3, 0.4) is 0 Å². The molecule has 1 aromatic rings. The molecule has 7 heteroatoms. The third-order valence-corrected chi connectivity index (χ3v) is 2.67. The van der Waals surface area contributed by atoms with Gasteiger partial charge in [-0.15, -0.1) is 0 Å². The van der Waals surface area contributed by atoms with Gasteiger partial charge in [0.25, 0.3) is 5.88 Å². The second-order valence-corrected chi connectivity index (χ2v) is 5.01. The van der Waals surface area contributed by atoms with Crippen LogP contribution in [-0.4, -0.2) is 42.1 Å². The van der Waals surface area contributed by atoms with Gasteiger partial charge in [0, 0.05) is 16.7 Å². The van der Waals surface area contributed by atoms with E-state index in [-0.39, 0.29) is 11.6 Å². The minimum Gasteiger partial charge on any atom is -0.473 e. The van der Waals surface area contributed by atoms with Crippen LogP contribution in [0.5, 0.6) is 5.88 Å². The van der Waals surface area contributed by atoms with Crippen LogP contribution in [0.1, 0.15) is 12.8 Å². The van der Waals surface area contributed by atoms with Crippen molar-refractivity contribution >= 4 is 21.6 Å². The van der Waals surface area contributed by atoms with E-state index in [2.05, 4.69) is 25.8 Å². The van der Waals surface area contributed by atoms with Crippen molar-refractivity contribution in [3.8, 4) is 5.88 Å². The molecule has 0 atom stereocenters. The zero-order valence-electron chi connectivity index (χ0n) is 10.4. The molecular weight excluding hydrogens is 302 g/mol. The lowest BCUT2D eigenvalue weighted by Crippen LogP contribution is -2.14. The van der Waals surface area contributed by atoms with E-state index in [1.807, 2.05) is 14.1 Å². The Balaban J connectivity index is 2.49. The van der Waals surface area contributed by atoms with E-state index in [9.17, 15) is 10.1 Å². The van der Waals surface area contributed by atoms with E-state index in [1.54, 1.807) is 0 Å². The molecule has 0 saturated heterocycles. The molecule has 0 N–H and O–H groups in total. The molecule has 18 heavy (non-hydrogen) atoms. The smallest absolute Gasteiger partial charge is 0.332 e.